The van der Waals surface area contributed by atoms with Crippen LogP contribution in [0.1, 0.15) is 11.1 Å². The highest BCUT2D eigenvalue weighted by molar-refractivity contribution is 9.10. The largest absolute Gasteiger partial charge is 0.475 e. The van der Waals surface area contributed by atoms with Crippen molar-refractivity contribution in [2.24, 2.45) is 0 Å². The monoisotopic (exact) mass is 469 g/mol. The van der Waals surface area contributed by atoms with Gasteiger partial charge in [0.05, 0.1) is 5.57 Å². The Balaban J connectivity index is 2.15. The van der Waals surface area contributed by atoms with Gasteiger partial charge in [-0.05, 0) is 30.7 Å². The van der Waals surface area contributed by atoms with Crippen molar-refractivity contribution in [2.75, 3.05) is 13.4 Å². The maximum atomic E-state index is 13.3. The number of alkyl halides is 3. The van der Waals surface area contributed by atoms with E-state index in [1.807, 2.05) is 0 Å². The molecule has 0 unspecified atom stereocenters. The number of fused-ring (bicyclic) bond motifs is 1. The quantitative estimate of drug-likeness (QED) is 0.270. The first-order chi connectivity index (χ1) is 13.0. The van der Waals surface area contributed by atoms with Gasteiger partial charge in [-0.15, -0.1) is 10.1 Å². The molecule has 1 heterocycles. The molecule has 0 aromatic heterocycles. The van der Waals surface area contributed by atoms with Crippen LogP contribution in [0.4, 0.5) is 13.2 Å². The zero-order valence-corrected chi connectivity index (χ0v) is 15.5. The first kappa shape index (κ1) is 21.5. The number of carbonyl (C=O) groups is 2. The fourth-order valence-electron chi connectivity index (χ4n) is 2.24. The first-order valence-electron chi connectivity index (χ1n) is 7.34. The van der Waals surface area contributed by atoms with Gasteiger partial charge < -0.3 is 19.0 Å². The Morgan fingerprint density at radius 2 is 2.00 bits per heavy atom. The Kier molecular flexibility index (Phi) is 6.48. The number of esters is 2. The molecule has 0 fully saturated rings. The summed E-state index contributed by atoms with van der Waals surface area (Å²) < 4.78 is 54.4. The molecule has 0 saturated heterocycles. The normalized spacial score (nSPS) is 15.6. The second-order valence-corrected chi connectivity index (χ2v) is 6.26. The molecule has 1 aromatic carbocycles. The predicted molar refractivity (Wildman–Crippen MR) is 87.3 cm³/mol. The van der Waals surface area contributed by atoms with Crippen LogP contribution in [0.5, 0.6) is 5.75 Å². The van der Waals surface area contributed by atoms with E-state index in [9.17, 15) is 32.9 Å². The topological polar surface area (TPSA) is 114 Å². The summed E-state index contributed by atoms with van der Waals surface area (Å²) in [5.41, 5.74) is -0.215. The predicted octanol–water partition coefficient (Wildman–Crippen LogP) is 2.72. The second kappa shape index (κ2) is 8.46. The maximum absolute atomic E-state index is 13.3. The molecule has 1 aliphatic rings. The Hall–Kier alpha value is -2.83. The zero-order chi connectivity index (χ0) is 21.1. The molecule has 152 valence electrons. The van der Waals surface area contributed by atoms with Crippen LogP contribution in [0.25, 0.3) is 6.08 Å². The van der Waals surface area contributed by atoms with E-state index in [1.165, 1.54) is 6.07 Å². The van der Waals surface area contributed by atoms with Crippen molar-refractivity contribution in [2.45, 2.75) is 19.2 Å². The van der Waals surface area contributed by atoms with Crippen LogP contribution in [-0.2, 0) is 23.9 Å². The van der Waals surface area contributed by atoms with Crippen LogP contribution in [0.2, 0.25) is 0 Å². The number of hydrogen-bond acceptors (Lipinski definition) is 8. The minimum atomic E-state index is -4.92. The van der Waals surface area contributed by atoms with E-state index in [0.29, 0.717) is 10.0 Å². The molecule has 13 heteroatoms. The van der Waals surface area contributed by atoms with Gasteiger partial charge in [0.25, 0.3) is 5.09 Å². The van der Waals surface area contributed by atoms with E-state index in [-0.39, 0.29) is 11.3 Å². The summed E-state index contributed by atoms with van der Waals surface area (Å²) in [7, 11) is 0. The Bertz CT molecular complexity index is 839. The second-order valence-electron chi connectivity index (χ2n) is 5.34. The van der Waals surface area contributed by atoms with Crippen molar-refractivity contribution in [3.63, 3.8) is 0 Å². The minimum Gasteiger partial charge on any atom is -0.475 e. The number of halogens is 4. The third kappa shape index (κ3) is 5.34. The fraction of sp³-hybridized carbons (Fsp3) is 0.333. The van der Waals surface area contributed by atoms with Gasteiger partial charge in [-0.2, -0.15) is 13.2 Å². The van der Waals surface area contributed by atoms with Gasteiger partial charge in [-0.3, -0.25) is 0 Å². The van der Waals surface area contributed by atoms with Crippen molar-refractivity contribution < 1.29 is 46.9 Å². The van der Waals surface area contributed by atoms with E-state index in [4.69, 9.17) is 4.74 Å². The summed E-state index contributed by atoms with van der Waals surface area (Å²) in [6.45, 7) is -0.589. The fourth-order valence-corrected chi connectivity index (χ4v) is 2.83. The Morgan fingerprint density at radius 3 is 2.61 bits per heavy atom. The molecular weight excluding hydrogens is 459 g/mol. The number of ether oxygens (including phenoxy) is 3. The molecule has 0 aliphatic carbocycles. The molecule has 28 heavy (non-hydrogen) atoms. The van der Waals surface area contributed by atoms with E-state index < -0.39 is 48.3 Å². The Morgan fingerprint density at radius 1 is 1.32 bits per heavy atom. The smallest absolute Gasteiger partial charge is 0.430 e. The standard InChI is InChI=1S/C15H11BrF3NO8/c1-7-2-9(16)3-8-4-10(13(15(17,18)19)28-12(7)8)14(22)26-6-25-11(21)5-27-20(23)24/h2-4,13H,5-6H2,1H3/t13-/m0/s1. The third-order valence-corrected chi connectivity index (χ3v) is 3.79. The molecule has 0 bridgehead atoms. The molecule has 1 aromatic rings. The zero-order valence-electron chi connectivity index (χ0n) is 13.9. The van der Waals surface area contributed by atoms with E-state index in [0.717, 1.165) is 6.08 Å². The van der Waals surface area contributed by atoms with Gasteiger partial charge >= 0.3 is 18.1 Å². The first-order valence-corrected chi connectivity index (χ1v) is 8.13. The van der Waals surface area contributed by atoms with E-state index in [1.54, 1.807) is 13.0 Å². The third-order valence-electron chi connectivity index (χ3n) is 3.33. The molecule has 0 radical (unpaired) electrons. The number of rotatable bonds is 6. The van der Waals surface area contributed by atoms with Crippen LogP contribution in [0.15, 0.2) is 22.2 Å². The summed E-state index contributed by atoms with van der Waals surface area (Å²) in [6.07, 6.45) is -6.53. The highest BCUT2D eigenvalue weighted by atomic mass is 79.9. The maximum Gasteiger partial charge on any atom is 0.430 e. The summed E-state index contributed by atoms with van der Waals surface area (Å²) in [6, 6.07) is 3.01. The van der Waals surface area contributed by atoms with Gasteiger partial charge in [0.1, 0.15) is 5.75 Å². The van der Waals surface area contributed by atoms with Gasteiger partial charge in [-0.1, -0.05) is 15.9 Å². The molecule has 1 aliphatic heterocycles. The highest BCUT2D eigenvalue weighted by Crippen LogP contribution is 2.40. The van der Waals surface area contributed by atoms with Crippen molar-refractivity contribution in [1.82, 2.24) is 0 Å². The number of nitrogens with zero attached hydrogens (tertiary/aromatic N) is 1. The molecular formula is C15H11BrF3NO8. The average molecular weight is 470 g/mol. The Labute approximate surface area is 163 Å². The number of carbonyl (C=O) groups excluding carboxylic acids is 2. The lowest BCUT2D eigenvalue weighted by Crippen LogP contribution is -2.41. The molecule has 1 atom stereocenters. The van der Waals surface area contributed by atoms with E-state index >= 15 is 0 Å². The van der Waals surface area contributed by atoms with Gasteiger partial charge in [0.2, 0.25) is 12.9 Å². The lowest BCUT2D eigenvalue weighted by atomic mass is 9.99. The summed E-state index contributed by atoms with van der Waals surface area (Å²) >= 11 is 3.20. The lowest BCUT2D eigenvalue weighted by molar-refractivity contribution is -0.754. The van der Waals surface area contributed by atoms with E-state index in [2.05, 4.69) is 30.2 Å². The average Bonchev–Trinajstić information content (AvgIpc) is 2.57. The molecule has 9 nitrogen and oxygen atoms in total. The van der Waals surface area contributed by atoms with Gasteiger partial charge in [0.15, 0.2) is 6.61 Å². The lowest BCUT2D eigenvalue weighted by Gasteiger charge is -2.28. The minimum absolute atomic E-state index is 0.0366. The molecule has 0 amide bonds. The summed E-state index contributed by atoms with van der Waals surface area (Å²) in [5, 5.41) is 8.68. The van der Waals surface area contributed by atoms with Crippen LogP contribution in [0, 0.1) is 17.0 Å². The summed E-state index contributed by atoms with van der Waals surface area (Å²) in [4.78, 5) is 36.8. The SMILES string of the molecule is Cc1cc(Br)cc2c1O[C@H](C(F)(F)F)C(C(=O)OCOC(=O)CO[N+](=O)[O-])=C2. The van der Waals surface area contributed by atoms with Gasteiger partial charge in [0, 0.05) is 10.0 Å². The van der Waals surface area contributed by atoms with Crippen molar-refractivity contribution in [3.8, 4) is 5.75 Å². The number of hydrogen-bond donors (Lipinski definition) is 0. The molecule has 0 saturated carbocycles. The number of aryl methyl sites for hydroxylation is 1. The van der Waals surface area contributed by atoms with Crippen LogP contribution in [0.3, 0.4) is 0 Å². The molecule has 0 spiro atoms. The van der Waals surface area contributed by atoms with Crippen LogP contribution < -0.4 is 4.74 Å². The number of benzene rings is 1. The molecule has 0 N–H and O–H groups in total. The highest BCUT2D eigenvalue weighted by Gasteiger charge is 2.49. The van der Waals surface area contributed by atoms with Crippen molar-refractivity contribution >= 4 is 33.9 Å². The van der Waals surface area contributed by atoms with Gasteiger partial charge in [-0.25, -0.2) is 9.59 Å². The van der Waals surface area contributed by atoms with Crippen molar-refractivity contribution in [1.29, 1.82) is 0 Å². The van der Waals surface area contributed by atoms with Crippen LogP contribution in [-0.4, -0.2) is 42.7 Å². The van der Waals surface area contributed by atoms with Crippen molar-refractivity contribution in [3.05, 3.63) is 43.4 Å². The van der Waals surface area contributed by atoms with Crippen LogP contribution >= 0.6 is 15.9 Å². The summed E-state index contributed by atoms with van der Waals surface area (Å²) in [5.74, 6) is -2.73. The molecule has 2 rings (SSSR count).